The van der Waals surface area contributed by atoms with Crippen molar-refractivity contribution < 1.29 is 32.1 Å². The summed E-state index contributed by atoms with van der Waals surface area (Å²) in [7, 11) is 0. The summed E-state index contributed by atoms with van der Waals surface area (Å²) in [4.78, 5) is 2.24. The zero-order valence-corrected chi connectivity index (χ0v) is 22.9. The van der Waals surface area contributed by atoms with Crippen molar-refractivity contribution in [1.29, 1.82) is 0 Å². The maximum Gasteiger partial charge on any atom is 0.422 e. The number of ether oxygens (including phenoxy) is 2. The Bertz CT molecular complexity index is 1340. The molecule has 1 N–H and O–H groups in total. The van der Waals surface area contributed by atoms with Gasteiger partial charge < -0.3 is 14.6 Å². The van der Waals surface area contributed by atoms with Gasteiger partial charge in [-0.25, -0.2) is 0 Å². The maximum atomic E-state index is 12.6. The van der Waals surface area contributed by atoms with Gasteiger partial charge in [-0.1, -0.05) is 36.4 Å². The zero-order valence-electron chi connectivity index (χ0n) is 22.9. The summed E-state index contributed by atoms with van der Waals surface area (Å²) in [5.74, 6) is 1.26. The summed E-state index contributed by atoms with van der Waals surface area (Å²) in [6.45, 7) is 0.826. The first-order valence-electron chi connectivity index (χ1n) is 14.2. The van der Waals surface area contributed by atoms with Gasteiger partial charge in [-0.3, -0.25) is 9.29 Å². The summed E-state index contributed by atoms with van der Waals surface area (Å²) in [5, 5.41) is 10.2. The standard InChI is InChI=1S/C33H35F4NO3/c34-17-3-18-38-19-16-29(21-38)41-28-6-1-4-24(10-14-28)32-30(7-2-5-25-20-26(39)11-15-31(25)32)23-8-12-27(13-9-23)40-22-33(35,36)37/h1,4,8-15,20,29,39H,2-3,5-7,16-19,21-22H2/t29-/m0/s1. The summed E-state index contributed by atoms with van der Waals surface area (Å²) >= 11 is 0. The van der Waals surface area contributed by atoms with E-state index in [1.54, 1.807) is 18.2 Å². The van der Waals surface area contributed by atoms with Crippen LogP contribution in [0.4, 0.5) is 17.6 Å². The van der Waals surface area contributed by atoms with Gasteiger partial charge in [-0.05, 0) is 95.9 Å². The predicted molar refractivity (Wildman–Crippen MR) is 152 cm³/mol. The molecule has 218 valence electrons. The molecule has 2 aromatic rings. The Morgan fingerprint density at radius 3 is 2.63 bits per heavy atom. The van der Waals surface area contributed by atoms with Crippen molar-refractivity contribution in [2.45, 2.75) is 50.8 Å². The Labute approximate surface area is 238 Å². The Hall–Kier alpha value is -3.52. The number of benzene rings is 2. The molecule has 0 bridgehead atoms. The number of aryl methyl sites for hydroxylation is 1. The largest absolute Gasteiger partial charge is 0.508 e. The van der Waals surface area contributed by atoms with Crippen molar-refractivity contribution in [2.75, 3.05) is 32.9 Å². The highest BCUT2D eigenvalue weighted by atomic mass is 19.4. The maximum absolute atomic E-state index is 12.6. The number of phenols is 1. The van der Waals surface area contributed by atoms with Gasteiger partial charge in [0.2, 0.25) is 0 Å². The molecule has 0 radical (unpaired) electrons. The van der Waals surface area contributed by atoms with Gasteiger partial charge in [0.05, 0.1) is 6.67 Å². The number of aromatic hydroxyl groups is 1. The van der Waals surface area contributed by atoms with E-state index < -0.39 is 12.8 Å². The topological polar surface area (TPSA) is 41.9 Å². The van der Waals surface area contributed by atoms with Crippen molar-refractivity contribution in [1.82, 2.24) is 4.90 Å². The molecule has 5 rings (SSSR count). The number of hydrogen-bond acceptors (Lipinski definition) is 4. The van der Waals surface area contributed by atoms with E-state index >= 15 is 0 Å². The van der Waals surface area contributed by atoms with Crippen LogP contribution in [0.2, 0.25) is 0 Å². The lowest BCUT2D eigenvalue weighted by Gasteiger charge is -2.18. The lowest BCUT2D eigenvalue weighted by atomic mass is 9.87. The molecule has 0 spiro atoms. The molecule has 1 atom stereocenters. The number of rotatable bonds is 9. The summed E-state index contributed by atoms with van der Waals surface area (Å²) in [6.07, 6.45) is 8.48. The molecule has 2 aliphatic carbocycles. The molecule has 4 nitrogen and oxygen atoms in total. The van der Waals surface area contributed by atoms with Gasteiger partial charge >= 0.3 is 6.18 Å². The first kappa shape index (κ1) is 29.0. The van der Waals surface area contributed by atoms with E-state index in [1.165, 1.54) is 0 Å². The first-order valence-corrected chi connectivity index (χ1v) is 14.2. The number of allylic oxidation sites excluding steroid dienone is 7. The Kier molecular flexibility index (Phi) is 9.18. The van der Waals surface area contributed by atoms with Gasteiger partial charge in [-0.2, -0.15) is 13.2 Å². The number of halogens is 4. The molecule has 0 saturated carbocycles. The average Bonchev–Trinajstić information content (AvgIpc) is 3.15. The summed E-state index contributed by atoms with van der Waals surface area (Å²) < 4.78 is 61.7. The van der Waals surface area contributed by atoms with Crippen molar-refractivity contribution in [3.63, 3.8) is 0 Å². The van der Waals surface area contributed by atoms with Crippen molar-refractivity contribution in [3.8, 4) is 11.5 Å². The molecule has 3 aliphatic rings. The fraction of sp³-hybridized carbons (Fsp3) is 0.394. The third-order valence-electron chi connectivity index (χ3n) is 7.65. The normalized spacial score (nSPS) is 19.8. The molecule has 8 heteroatoms. The smallest absolute Gasteiger partial charge is 0.422 e. The second-order valence-electron chi connectivity index (χ2n) is 10.7. The monoisotopic (exact) mass is 569 g/mol. The van der Waals surface area contributed by atoms with Crippen LogP contribution in [-0.2, 0) is 11.2 Å². The number of nitrogens with zero attached hydrogens (tertiary/aromatic N) is 1. The highest BCUT2D eigenvalue weighted by Gasteiger charge is 2.29. The first-order chi connectivity index (χ1) is 19.8. The van der Waals surface area contributed by atoms with Gasteiger partial charge in [0.25, 0.3) is 0 Å². The highest BCUT2D eigenvalue weighted by Crippen LogP contribution is 2.42. The highest BCUT2D eigenvalue weighted by molar-refractivity contribution is 6.01. The van der Waals surface area contributed by atoms with E-state index in [9.17, 15) is 22.7 Å². The molecule has 1 aliphatic heterocycles. The molecular weight excluding hydrogens is 534 g/mol. The lowest BCUT2D eigenvalue weighted by Crippen LogP contribution is -2.24. The van der Waals surface area contributed by atoms with Crippen LogP contribution >= 0.6 is 0 Å². The fourth-order valence-corrected chi connectivity index (χ4v) is 5.77. The minimum absolute atomic E-state index is 0.0821. The second-order valence-corrected chi connectivity index (χ2v) is 10.7. The van der Waals surface area contributed by atoms with Crippen LogP contribution in [0.5, 0.6) is 11.5 Å². The molecule has 41 heavy (non-hydrogen) atoms. The lowest BCUT2D eigenvalue weighted by molar-refractivity contribution is -0.153. The Morgan fingerprint density at radius 1 is 1.02 bits per heavy atom. The van der Waals surface area contributed by atoms with E-state index in [0.717, 1.165) is 84.5 Å². The van der Waals surface area contributed by atoms with Gasteiger partial charge in [0, 0.05) is 26.1 Å². The molecular formula is C33H35F4NO3. The molecule has 0 aromatic heterocycles. The van der Waals surface area contributed by atoms with Crippen molar-refractivity contribution in [3.05, 3.63) is 94.8 Å². The Morgan fingerprint density at radius 2 is 1.85 bits per heavy atom. The number of likely N-dealkylation sites (tertiary alicyclic amines) is 1. The zero-order chi connectivity index (χ0) is 28.8. The quantitative estimate of drug-likeness (QED) is 0.313. The number of hydrogen-bond donors (Lipinski definition) is 1. The third kappa shape index (κ3) is 7.61. The summed E-state index contributed by atoms with van der Waals surface area (Å²) in [6, 6.07) is 12.2. The van der Waals surface area contributed by atoms with Crippen LogP contribution in [0.15, 0.2) is 78.1 Å². The van der Waals surface area contributed by atoms with Crippen LogP contribution < -0.4 is 4.74 Å². The van der Waals surface area contributed by atoms with Crippen LogP contribution in [0.3, 0.4) is 0 Å². The third-order valence-corrected chi connectivity index (χ3v) is 7.65. The molecule has 0 amide bonds. The minimum Gasteiger partial charge on any atom is -0.508 e. The minimum atomic E-state index is -4.40. The average molecular weight is 570 g/mol. The van der Waals surface area contributed by atoms with E-state index in [-0.39, 0.29) is 24.3 Å². The predicted octanol–water partition coefficient (Wildman–Crippen LogP) is 7.80. The molecule has 2 aromatic carbocycles. The SMILES string of the molecule is Oc1ccc2c(c1)CCCC(c1ccc(OCC(F)(F)F)cc1)=C2C1=CC=C(O[C@H]2CCN(CCCF)C2)CC=C1. The molecule has 1 heterocycles. The fourth-order valence-electron chi connectivity index (χ4n) is 5.77. The number of alkyl halides is 4. The van der Waals surface area contributed by atoms with Crippen molar-refractivity contribution in [2.24, 2.45) is 0 Å². The van der Waals surface area contributed by atoms with E-state index in [0.29, 0.717) is 12.8 Å². The van der Waals surface area contributed by atoms with Gasteiger partial charge in [-0.15, -0.1) is 0 Å². The molecule has 0 unspecified atom stereocenters. The molecule has 1 fully saturated rings. The van der Waals surface area contributed by atoms with E-state index in [1.807, 2.05) is 30.3 Å². The Balaban J connectivity index is 1.45. The number of phenolic OH excluding ortho intramolecular Hbond substituents is 1. The van der Waals surface area contributed by atoms with Crippen LogP contribution in [-0.4, -0.2) is 55.2 Å². The van der Waals surface area contributed by atoms with Crippen molar-refractivity contribution >= 4 is 11.1 Å². The van der Waals surface area contributed by atoms with E-state index in [4.69, 9.17) is 9.47 Å². The van der Waals surface area contributed by atoms with Crippen LogP contribution in [0, 0.1) is 0 Å². The summed E-state index contributed by atoms with van der Waals surface area (Å²) in [5.41, 5.74) is 6.12. The second kappa shape index (κ2) is 13.0. The van der Waals surface area contributed by atoms with E-state index in [2.05, 4.69) is 23.1 Å². The molecule has 1 saturated heterocycles. The number of fused-ring (bicyclic) bond motifs is 1. The van der Waals surface area contributed by atoms with Gasteiger partial charge in [0.1, 0.15) is 23.4 Å². The van der Waals surface area contributed by atoms with Crippen LogP contribution in [0.25, 0.3) is 11.1 Å². The van der Waals surface area contributed by atoms with Crippen LogP contribution in [0.1, 0.15) is 48.8 Å². The van der Waals surface area contributed by atoms with Gasteiger partial charge in [0.15, 0.2) is 6.61 Å².